The van der Waals surface area contributed by atoms with Gasteiger partial charge in [-0.25, -0.2) is 9.59 Å². The first kappa shape index (κ1) is 17.0. The lowest BCUT2D eigenvalue weighted by Crippen LogP contribution is -2.41. The number of hydrogen-bond acceptors (Lipinski definition) is 3. The third-order valence-electron chi connectivity index (χ3n) is 2.97. The Hall–Kier alpha value is -2.08. The molecule has 0 bridgehead atoms. The number of carbonyl (C=O) groups is 2. The van der Waals surface area contributed by atoms with Gasteiger partial charge in [0.2, 0.25) is 0 Å². The fourth-order valence-electron chi connectivity index (χ4n) is 1.87. The Morgan fingerprint density at radius 2 is 1.90 bits per heavy atom. The Balaban J connectivity index is 2.35. The molecule has 0 aliphatic rings. The largest absolute Gasteiger partial charge is 0.479 e. The van der Waals surface area contributed by atoms with Crippen LogP contribution >= 0.6 is 0 Å². The number of nitrogens with one attached hydrogen (secondary N) is 2. The first-order chi connectivity index (χ1) is 10.1. The summed E-state index contributed by atoms with van der Waals surface area (Å²) in [5.41, 5.74) is 0.542. The van der Waals surface area contributed by atoms with Gasteiger partial charge in [0.15, 0.2) is 6.04 Å². The van der Waals surface area contributed by atoms with Crippen molar-refractivity contribution in [3.63, 3.8) is 0 Å². The molecule has 1 aromatic carbocycles. The Morgan fingerprint density at radius 1 is 1.19 bits per heavy atom. The van der Waals surface area contributed by atoms with Gasteiger partial charge >= 0.3 is 12.0 Å². The van der Waals surface area contributed by atoms with Gasteiger partial charge in [-0.2, -0.15) is 0 Å². The summed E-state index contributed by atoms with van der Waals surface area (Å²) in [6.45, 7) is 1.22. The van der Waals surface area contributed by atoms with Crippen LogP contribution in [-0.2, 0) is 9.53 Å². The van der Waals surface area contributed by atoms with Gasteiger partial charge in [-0.1, -0.05) is 30.3 Å². The maximum absolute atomic E-state index is 11.7. The minimum Gasteiger partial charge on any atom is -0.479 e. The Bertz CT molecular complexity index is 437. The number of ether oxygens (including phenoxy) is 1. The summed E-state index contributed by atoms with van der Waals surface area (Å²) >= 11 is 0. The number of unbranched alkanes of at least 4 members (excludes halogenated alkanes) is 2. The molecule has 0 aliphatic carbocycles. The first-order valence-electron chi connectivity index (χ1n) is 6.96. The summed E-state index contributed by atoms with van der Waals surface area (Å²) in [5, 5.41) is 14.3. The number of carbonyl (C=O) groups excluding carboxylic acids is 1. The molecule has 1 atom stereocenters. The van der Waals surface area contributed by atoms with Gasteiger partial charge in [0.25, 0.3) is 0 Å². The van der Waals surface area contributed by atoms with Crippen LogP contribution in [0.3, 0.4) is 0 Å². The van der Waals surface area contributed by atoms with Crippen LogP contribution in [0.1, 0.15) is 30.9 Å². The third-order valence-corrected chi connectivity index (χ3v) is 2.97. The zero-order valence-electron chi connectivity index (χ0n) is 12.2. The maximum atomic E-state index is 11.7. The summed E-state index contributed by atoms with van der Waals surface area (Å²) in [4.78, 5) is 22.9. The molecule has 0 unspecified atom stereocenters. The predicted molar refractivity (Wildman–Crippen MR) is 79.1 cm³/mol. The van der Waals surface area contributed by atoms with Crippen LogP contribution in [0.5, 0.6) is 0 Å². The highest BCUT2D eigenvalue weighted by molar-refractivity contribution is 5.83. The fourth-order valence-corrected chi connectivity index (χ4v) is 1.87. The van der Waals surface area contributed by atoms with Gasteiger partial charge in [0.1, 0.15) is 0 Å². The van der Waals surface area contributed by atoms with E-state index in [0.717, 1.165) is 19.3 Å². The molecule has 0 heterocycles. The minimum atomic E-state index is -1.09. The molecule has 6 heteroatoms. The normalized spacial score (nSPS) is 11.7. The molecule has 1 aromatic rings. The van der Waals surface area contributed by atoms with Gasteiger partial charge in [0, 0.05) is 20.3 Å². The number of aliphatic carboxylic acids is 1. The zero-order chi connectivity index (χ0) is 15.5. The molecule has 0 spiro atoms. The van der Waals surface area contributed by atoms with E-state index < -0.39 is 18.0 Å². The fraction of sp³-hybridized carbons (Fsp3) is 0.467. The summed E-state index contributed by atoms with van der Waals surface area (Å²) in [7, 11) is 1.65. The number of urea groups is 1. The van der Waals surface area contributed by atoms with Crippen molar-refractivity contribution in [2.24, 2.45) is 0 Å². The standard InChI is InChI=1S/C15H22N2O4/c1-21-11-7-3-6-10-16-15(20)17-13(14(18)19)12-8-4-2-5-9-12/h2,4-5,8-9,13H,3,6-7,10-11H2,1H3,(H,18,19)(H2,16,17,20)/t13-/m1/s1. The summed E-state index contributed by atoms with van der Waals surface area (Å²) < 4.78 is 4.93. The Labute approximate surface area is 124 Å². The summed E-state index contributed by atoms with van der Waals surface area (Å²) in [6, 6.07) is 7.09. The molecule has 0 saturated heterocycles. The molecule has 0 saturated carbocycles. The lowest BCUT2D eigenvalue weighted by molar-refractivity contribution is -0.139. The molecule has 3 N–H and O–H groups in total. The van der Waals surface area contributed by atoms with E-state index in [2.05, 4.69) is 10.6 Å². The van der Waals surface area contributed by atoms with Crippen molar-refractivity contribution in [2.45, 2.75) is 25.3 Å². The highest BCUT2D eigenvalue weighted by Crippen LogP contribution is 2.12. The second kappa shape index (κ2) is 9.77. The topological polar surface area (TPSA) is 87.7 Å². The molecule has 2 amide bonds. The second-order valence-corrected chi connectivity index (χ2v) is 4.64. The predicted octanol–water partition coefficient (Wildman–Crippen LogP) is 1.93. The highest BCUT2D eigenvalue weighted by atomic mass is 16.5. The molecule has 0 fully saturated rings. The monoisotopic (exact) mass is 294 g/mol. The van der Waals surface area contributed by atoms with E-state index in [0.29, 0.717) is 18.7 Å². The lowest BCUT2D eigenvalue weighted by Gasteiger charge is -2.15. The SMILES string of the molecule is COCCCCCNC(=O)N[C@@H](C(=O)O)c1ccccc1. The second-order valence-electron chi connectivity index (χ2n) is 4.64. The van der Waals surface area contributed by atoms with Crippen LogP contribution in [-0.4, -0.2) is 37.4 Å². The number of benzene rings is 1. The van der Waals surface area contributed by atoms with Crippen molar-refractivity contribution >= 4 is 12.0 Å². The van der Waals surface area contributed by atoms with Crippen molar-refractivity contribution in [2.75, 3.05) is 20.3 Å². The van der Waals surface area contributed by atoms with E-state index in [9.17, 15) is 14.7 Å². The van der Waals surface area contributed by atoms with Gasteiger partial charge < -0.3 is 20.5 Å². The molecule has 0 radical (unpaired) electrons. The number of amides is 2. The van der Waals surface area contributed by atoms with E-state index in [1.807, 2.05) is 0 Å². The lowest BCUT2D eigenvalue weighted by atomic mass is 10.1. The Kier molecular flexibility index (Phi) is 7.89. The van der Waals surface area contributed by atoms with Crippen LogP contribution < -0.4 is 10.6 Å². The van der Waals surface area contributed by atoms with Crippen molar-refractivity contribution in [3.8, 4) is 0 Å². The van der Waals surface area contributed by atoms with Crippen molar-refractivity contribution in [1.29, 1.82) is 0 Å². The first-order valence-corrected chi connectivity index (χ1v) is 6.96. The average Bonchev–Trinajstić information content (AvgIpc) is 2.49. The quantitative estimate of drug-likeness (QED) is 0.607. The van der Waals surface area contributed by atoms with Gasteiger partial charge in [-0.3, -0.25) is 0 Å². The molecule has 0 aromatic heterocycles. The van der Waals surface area contributed by atoms with Crippen LogP contribution in [0.2, 0.25) is 0 Å². The maximum Gasteiger partial charge on any atom is 0.330 e. The highest BCUT2D eigenvalue weighted by Gasteiger charge is 2.21. The third kappa shape index (κ3) is 6.76. The number of carboxylic acids is 1. The van der Waals surface area contributed by atoms with E-state index in [4.69, 9.17) is 4.74 Å². The molecule has 21 heavy (non-hydrogen) atoms. The smallest absolute Gasteiger partial charge is 0.330 e. The molecular weight excluding hydrogens is 272 g/mol. The van der Waals surface area contributed by atoms with E-state index in [1.54, 1.807) is 37.4 Å². The molecule has 1 rings (SSSR count). The summed E-state index contributed by atoms with van der Waals surface area (Å²) in [6.07, 6.45) is 2.73. The number of hydrogen-bond donors (Lipinski definition) is 3. The van der Waals surface area contributed by atoms with Gasteiger partial charge in [-0.15, -0.1) is 0 Å². The number of rotatable bonds is 9. The van der Waals surface area contributed by atoms with Crippen molar-refractivity contribution < 1.29 is 19.4 Å². The minimum absolute atomic E-state index is 0.474. The van der Waals surface area contributed by atoms with E-state index in [-0.39, 0.29) is 0 Å². The van der Waals surface area contributed by atoms with Crippen molar-refractivity contribution in [3.05, 3.63) is 35.9 Å². The van der Waals surface area contributed by atoms with Crippen LogP contribution in [0.4, 0.5) is 4.79 Å². The van der Waals surface area contributed by atoms with Crippen LogP contribution in [0.15, 0.2) is 30.3 Å². The van der Waals surface area contributed by atoms with E-state index in [1.165, 1.54) is 0 Å². The number of carboxylic acid groups (broad SMARTS) is 1. The van der Waals surface area contributed by atoms with Gasteiger partial charge in [-0.05, 0) is 24.8 Å². The van der Waals surface area contributed by atoms with Gasteiger partial charge in [0.05, 0.1) is 0 Å². The molecular formula is C15H22N2O4. The Morgan fingerprint density at radius 3 is 2.52 bits per heavy atom. The number of methoxy groups -OCH3 is 1. The molecule has 0 aliphatic heterocycles. The zero-order valence-corrected chi connectivity index (χ0v) is 12.2. The van der Waals surface area contributed by atoms with Crippen LogP contribution in [0, 0.1) is 0 Å². The summed E-state index contributed by atoms with van der Waals surface area (Å²) in [5.74, 6) is -1.09. The average molecular weight is 294 g/mol. The van der Waals surface area contributed by atoms with Crippen molar-refractivity contribution in [1.82, 2.24) is 10.6 Å². The molecule has 116 valence electrons. The van der Waals surface area contributed by atoms with Crippen LogP contribution in [0.25, 0.3) is 0 Å². The van der Waals surface area contributed by atoms with E-state index >= 15 is 0 Å². The molecule has 6 nitrogen and oxygen atoms in total.